The van der Waals surface area contributed by atoms with E-state index < -0.39 is 5.51 Å². The van der Waals surface area contributed by atoms with Crippen molar-refractivity contribution in [3.63, 3.8) is 0 Å². The average molecular weight is 298 g/mol. The maximum atomic E-state index is 12.1. The van der Waals surface area contributed by atoms with Gasteiger partial charge in [0.1, 0.15) is 0 Å². The number of halogens is 4. The normalized spacial score (nSPS) is 12.7. The summed E-state index contributed by atoms with van der Waals surface area (Å²) < 4.78 is 36.3. The summed E-state index contributed by atoms with van der Waals surface area (Å²) in [5.74, 6) is 0. The van der Waals surface area contributed by atoms with Crippen LogP contribution in [0.25, 0.3) is 0 Å². The van der Waals surface area contributed by atoms with Crippen molar-refractivity contribution in [3.8, 4) is 0 Å². The van der Waals surface area contributed by atoms with Crippen molar-refractivity contribution in [2.24, 2.45) is 5.73 Å². The van der Waals surface area contributed by atoms with Crippen molar-refractivity contribution in [2.75, 3.05) is 0 Å². The molecule has 0 aliphatic carbocycles. The van der Waals surface area contributed by atoms with Crippen LogP contribution in [0.3, 0.4) is 0 Å². The van der Waals surface area contributed by atoms with E-state index in [2.05, 4.69) is 6.58 Å². The van der Waals surface area contributed by atoms with Crippen molar-refractivity contribution in [2.45, 2.75) is 29.3 Å². The predicted octanol–water partition coefficient (Wildman–Crippen LogP) is 4.69. The van der Waals surface area contributed by atoms with Crippen LogP contribution in [0.5, 0.6) is 0 Å². The van der Waals surface area contributed by atoms with Gasteiger partial charge in [0.05, 0.1) is 0 Å². The molecule has 0 spiro atoms. The molecule has 1 rings (SSSR count). The number of allylic oxidation sites excluding steroid dienone is 1. The Bertz CT molecular complexity index is 365. The summed E-state index contributed by atoms with van der Waals surface area (Å²) in [6.45, 7) is 3.60. The highest BCUT2D eigenvalue weighted by Crippen LogP contribution is 2.37. The van der Waals surface area contributed by atoms with Gasteiger partial charge in [-0.3, -0.25) is 0 Å². The van der Waals surface area contributed by atoms with Crippen LogP contribution >= 0.6 is 24.2 Å². The molecule has 1 nitrogen and oxygen atoms in total. The van der Waals surface area contributed by atoms with E-state index in [9.17, 15) is 13.2 Å². The standard InChI is InChI=1S/C12H14F3NS.ClH/c1-2-3-4-11(16)9-5-7-10(8-6-9)17-12(13,14)15;/h2,5-8,11H,1,3-4,16H2;1H/t11-;/m1./s1. The number of benzene rings is 1. The summed E-state index contributed by atoms with van der Waals surface area (Å²) in [5.41, 5.74) is 2.48. The molecule has 102 valence electrons. The minimum Gasteiger partial charge on any atom is -0.324 e. The molecule has 0 aromatic heterocycles. The summed E-state index contributed by atoms with van der Waals surface area (Å²) in [6, 6.07) is 6.02. The summed E-state index contributed by atoms with van der Waals surface area (Å²) in [5, 5.41) is 0. The van der Waals surface area contributed by atoms with Gasteiger partial charge in [-0.25, -0.2) is 0 Å². The van der Waals surface area contributed by atoms with Gasteiger partial charge < -0.3 is 5.73 Å². The van der Waals surface area contributed by atoms with Crippen LogP contribution in [0, 0.1) is 0 Å². The Kier molecular flexibility index (Phi) is 7.43. The molecule has 1 aromatic carbocycles. The molecule has 0 radical (unpaired) electrons. The molecule has 2 N–H and O–H groups in total. The van der Waals surface area contributed by atoms with Gasteiger partial charge in [-0.15, -0.1) is 19.0 Å². The van der Waals surface area contributed by atoms with E-state index >= 15 is 0 Å². The quantitative estimate of drug-likeness (QED) is 0.630. The molecule has 0 fully saturated rings. The first-order valence-corrected chi connectivity index (χ1v) is 5.96. The Balaban J connectivity index is 0.00000289. The fourth-order valence-electron chi connectivity index (χ4n) is 1.38. The van der Waals surface area contributed by atoms with Crippen LogP contribution < -0.4 is 5.73 Å². The Hall–Kier alpha value is -0.650. The summed E-state index contributed by atoms with van der Waals surface area (Å²) >= 11 is -0.118. The van der Waals surface area contributed by atoms with Gasteiger partial charge in [0.2, 0.25) is 0 Å². The summed E-state index contributed by atoms with van der Waals surface area (Å²) in [7, 11) is 0. The number of thioether (sulfide) groups is 1. The number of nitrogens with two attached hydrogens (primary N) is 1. The first kappa shape index (κ1) is 17.4. The van der Waals surface area contributed by atoms with E-state index in [1.807, 2.05) is 0 Å². The number of hydrogen-bond donors (Lipinski definition) is 1. The molecule has 0 amide bonds. The highest BCUT2D eigenvalue weighted by Gasteiger charge is 2.29. The molecule has 0 bridgehead atoms. The molecule has 0 saturated heterocycles. The van der Waals surface area contributed by atoms with Gasteiger partial charge in [0, 0.05) is 10.9 Å². The van der Waals surface area contributed by atoms with Gasteiger partial charge in [-0.2, -0.15) is 13.2 Å². The van der Waals surface area contributed by atoms with E-state index in [0.717, 1.165) is 18.4 Å². The second-order valence-corrected chi connectivity index (χ2v) is 4.73. The molecule has 6 heteroatoms. The fraction of sp³-hybridized carbons (Fsp3) is 0.333. The van der Waals surface area contributed by atoms with Gasteiger partial charge in [0.25, 0.3) is 0 Å². The number of hydrogen-bond acceptors (Lipinski definition) is 2. The highest BCUT2D eigenvalue weighted by atomic mass is 35.5. The maximum absolute atomic E-state index is 12.1. The van der Waals surface area contributed by atoms with Crippen molar-refractivity contribution in [3.05, 3.63) is 42.5 Å². The van der Waals surface area contributed by atoms with Crippen LogP contribution in [-0.4, -0.2) is 5.51 Å². The Morgan fingerprint density at radius 1 is 1.28 bits per heavy atom. The first-order valence-electron chi connectivity index (χ1n) is 5.14. The van der Waals surface area contributed by atoms with Crippen LogP contribution in [0.2, 0.25) is 0 Å². The SMILES string of the molecule is C=CCC[C@@H](N)c1ccc(SC(F)(F)F)cc1.Cl. The smallest absolute Gasteiger partial charge is 0.324 e. The number of rotatable bonds is 5. The third-order valence-corrected chi connectivity index (χ3v) is 2.96. The molecular weight excluding hydrogens is 283 g/mol. The molecule has 0 aliphatic heterocycles. The molecule has 1 aromatic rings. The van der Waals surface area contributed by atoms with Crippen molar-refractivity contribution in [1.82, 2.24) is 0 Å². The highest BCUT2D eigenvalue weighted by molar-refractivity contribution is 8.00. The molecule has 18 heavy (non-hydrogen) atoms. The van der Waals surface area contributed by atoms with E-state index in [-0.39, 0.29) is 35.1 Å². The lowest BCUT2D eigenvalue weighted by Crippen LogP contribution is -2.09. The fourth-order valence-corrected chi connectivity index (χ4v) is 1.92. The second-order valence-electron chi connectivity index (χ2n) is 3.59. The lowest BCUT2D eigenvalue weighted by atomic mass is 10.0. The topological polar surface area (TPSA) is 26.0 Å². The van der Waals surface area contributed by atoms with Crippen LogP contribution in [-0.2, 0) is 0 Å². The van der Waals surface area contributed by atoms with Crippen LogP contribution in [0.4, 0.5) is 13.2 Å². The number of alkyl halides is 3. The van der Waals surface area contributed by atoms with E-state index in [1.165, 1.54) is 12.1 Å². The minimum atomic E-state index is -4.24. The maximum Gasteiger partial charge on any atom is 0.446 e. The Morgan fingerprint density at radius 2 is 1.83 bits per heavy atom. The average Bonchev–Trinajstić information content (AvgIpc) is 2.24. The summed E-state index contributed by atoms with van der Waals surface area (Å²) in [4.78, 5) is 0.178. The van der Waals surface area contributed by atoms with E-state index in [0.29, 0.717) is 0 Å². The molecule has 0 unspecified atom stereocenters. The lowest BCUT2D eigenvalue weighted by Gasteiger charge is -2.11. The zero-order chi connectivity index (χ0) is 12.9. The molecule has 0 aliphatic rings. The molecule has 1 atom stereocenters. The Morgan fingerprint density at radius 3 is 2.28 bits per heavy atom. The predicted molar refractivity (Wildman–Crippen MR) is 72.0 cm³/mol. The zero-order valence-electron chi connectivity index (χ0n) is 9.61. The minimum absolute atomic E-state index is 0. The van der Waals surface area contributed by atoms with Gasteiger partial charge >= 0.3 is 5.51 Å². The Labute approximate surface area is 115 Å². The van der Waals surface area contributed by atoms with Crippen molar-refractivity contribution >= 4 is 24.2 Å². The summed E-state index contributed by atoms with van der Waals surface area (Å²) in [6.07, 6.45) is 3.31. The van der Waals surface area contributed by atoms with E-state index in [1.54, 1.807) is 18.2 Å². The van der Waals surface area contributed by atoms with Gasteiger partial charge in [0.15, 0.2) is 0 Å². The van der Waals surface area contributed by atoms with Crippen LogP contribution in [0.1, 0.15) is 24.4 Å². The third kappa shape index (κ3) is 6.33. The first-order chi connectivity index (χ1) is 7.92. The second kappa shape index (κ2) is 7.71. The lowest BCUT2D eigenvalue weighted by molar-refractivity contribution is -0.0328. The molecule has 0 heterocycles. The van der Waals surface area contributed by atoms with Crippen LogP contribution in [0.15, 0.2) is 41.8 Å². The molecular formula is C12H15ClF3NS. The van der Waals surface area contributed by atoms with Crippen molar-refractivity contribution in [1.29, 1.82) is 0 Å². The van der Waals surface area contributed by atoms with Crippen molar-refractivity contribution < 1.29 is 13.2 Å². The van der Waals surface area contributed by atoms with Gasteiger partial charge in [-0.05, 0) is 42.3 Å². The third-order valence-electron chi connectivity index (χ3n) is 2.22. The molecule has 0 saturated carbocycles. The van der Waals surface area contributed by atoms with E-state index in [4.69, 9.17) is 5.73 Å². The monoisotopic (exact) mass is 297 g/mol. The zero-order valence-corrected chi connectivity index (χ0v) is 11.2. The largest absolute Gasteiger partial charge is 0.446 e. The van der Waals surface area contributed by atoms with Gasteiger partial charge in [-0.1, -0.05) is 18.2 Å².